The van der Waals surface area contributed by atoms with Gasteiger partial charge in [0.15, 0.2) is 11.0 Å². The number of carbonyl (C=O) groups is 1. The standard InChI is InChI=1S/C20H17Cl2F3N4O2S/c1-31-10-9-29-18(12-5-7-13(21)8-6-12)27-28-19(29)32-11-16(30)26-17-14(20(23,24)25)3-2-4-15(17)22/h2-8H,9-11H2,1H3,(H,26,30). The predicted octanol–water partition coefficient (Wildman–Crippen LogP) is 5.65. The lowest BCUT2D eigenvalue weighted by atomic mass is 10.1. The molecule has 0 spiro atoms. The van der Waals surface area contributed by atoms with Crippen molar-refractivity contribution >= 4 is 46.6 Å². The SMILES string of the molecule is COCCn1c(SCC(=O)Nc2c(Cl)cccc2C(F)(F)F)nnc1-c1ccc(Cl)cc1. The van der Waals surface area contributed by atoms with Crippen molar-refractivity contribution in [3.05, 3.63) is 58.1 Å². The number of nitrogens with one attached hydrogen (secondary N) is 1. The van der Waals surface area contributed by atoms with Crippen molar-refractivity contribution in [2.24, 2.45) is 0 Å². The lowest BCUT2D eigenvalue weighted by molar-refractivity contribution is -0.137. The maximum atomic E-state index is 13.2. The van der Waals surface area contributed by atoms with E-state index in [-0.39, 0.29) is 10.8 Å². The minimum atomic E-state index is -4.66. The third kappa shape index (κ3) is 5.94. The highest BCUT2D eigenvalue weighted by molar-refractivity contribution is 7.99. The smallest absolute Gasteiger partial charge is 0.383 e. The molecule has 0 aliphatic carbocycles. The van der Waals surface area contributed by atoms with Crippen molar-refractivity contribution < 1.29 is 22.7 Å². The van der Waals surface area contributed by atoms with Crippen molar-refractivity contribution in [3.8, 4) is 11.4 Å². The number of benzene rings is 2. The molecule has 170 valence electrons. The van der Waals surface area contributed by atoms with E-state index in [9.17, 15) is 18.0 Å². The van der Waals surface area contributed by atoms with Gasteiger partial charge in [-0.05, 0) is 36.4 Å². The second-order valence-corrected chi connectivity index (χ2v) is 8.24. The quantitative estimate of drug-likeness (QED) is 0.401. The number of hydrogen-bond donors (Lipinski definition) is 1. The molecule has 1 amide bonds. The number of halogens is 5. The van der Waals surface area contributed by atoms with E-state index in [1.165, 1.54) is 12.1 Å². The number of carbonyl (C=O) groups excluding carboxylic acids is 1. The first kappa shape index (κ1) is 24.4. The zero-order chi connectivity index (χ0) is 23.3. The number of para-hydroxylation sites is 1. The van der Waals surface area contributed by atoms with Crippen LogP contribution >= 0.6 is 35.0 Å². The van der Waals surface area contributed by atoms with Crippen molar-refractivity contribution in [1.29, 1.82) is 0 Å². The Labute approximate surface area is 196 Å². The van der Waals surface area contributed by atoms with Gasteiger partial charge in [-0.3, -0.25) is 9.36 Å². The molecule has 0 saturated carbocycles. The molecule has 0 aliphatic rings. The number of hydrogen-bond acceptors (Lipinski definition) is 5. The van der Waals surface area contributed by atoms with Crippen LogP contribution in [0.1, 0.15) is 5.56 Å². The fourth-order valence-electron chi connectivity index (χ4n) is 2.79. The van der Waals surface area contributed by atoms with Gasteiger partial charge in [-0.25, -0.2) is 0 Å². The Balaban J connectivity index is 1.77. The Morgan fingerprint density at radius 3 is 2.53 bits per heavy atom. The van der Waals surface area contributed by atoms with Gasteiger partial charge in [0.1, 0.15) is 0 Å². The largest absolute Gasteiger partial charge is 0.418 e. The van der Waals surface area contributed by atoms with Crippen LogP contribution < -0.4 is 5.32 Å². The summed E-state index contributed by atoms with van der Waals surface area (Å²) in [6.07, 6.45) is -4.66. The normalized spacial score (nSPS) is 11.6. The molecule has 1 heterocycles. The number of nitrogens with zero attached hydrogens (tertiary/aromatic N) is 3. The summed E-state index contributed by atoms with van der Waals surface area (Å²) in [4.78, 5) is 12.4. The summed E-state index contributed by atoms with van der Waals surface area (Å²) in [5.74, 6) is -0.316. The fourth-order valence-corrected chi connectivity index (χ4v) is 3.90. The van der Waals surface area contributed by atoms with E-state index in [1.807, 2.05) is 0 Å². The van der Waals surface area contributed by atoms with Gasteiger partial charge in [0.25, 0.3) is 0 Å². The second kappa shape index (κ2) is 10.6. The molecule has 3 aromatic rings. The van der Waals surface area contributed by atoms with Crippen LogP contribution in [0.25, 0.3) is 11.4 Å². The average molecular weight is 505 g/mol. The first-order valence-electron chi connectivity index (χ1n) is 9.17. The van der Waals surface area contributed by atoms with Gasteiger partial charge in [-0.1, -0.05) is 41.0 Å². The van der Waals surface area contributed by atoms with E-state index in [2.05, 4.69) is 15.5 Å². The van der Waals surface area contributed by atoms with E-state index < -0.39 is 23.3 Å². The van der Waals surface area contributed by atoms with E-state index in [0.717, 1.165) is 23.4 Å². The average Bonchev–Trinajstić information content (AvgIpc) is 3.14. The maximum Gasteiger partial charge on any atom is 0.418 e. The van der Waals surface area contributed by atoms with Crippen LogP contribution in [0.2, 0.25) is 10.0 Å². The fraction of sp³-hybridized carbons (Fsp3) is 0.250. The third-order valence-electron chi connectivity index (χ3n) is 4.25. The maximum absolute atomic E-state index is 13.2. The zero-order valence-corrected chi connectivity index (χ0v) is 18.9. The van der Waals surface area contributed by atoms with Crippen molar-refractivity contribution in [1.82, 2.24) is 14.8 Å². The summed E-state index contributed by atoms with van der Waals surface area (Å²) in [6, 6.07) is 10.3. The number of rotatable bonds is 8. The summed E-state index contributed by atoms with van der Waals surface area (Å²) in [6.45, 7) is 0.779. The number of aromatic nitrogens is 3. The van der Waals surface area contributed by atoms with Crippen molar-refractivity contribution in [2.75, 3.05) is 24.8 Å². The van der Waals surface area contributed by atoms with Crippen LogP contribution in [0.3, 0.4) is 0 Å². The second-order valence-electron chi connectivity index (χ2n) is 6.45. The first-order chi connectivity index (χ1) is 15.2. The van der Waals surface area contributed by atoms with Gasteiger partial charge in [-0.15, -0.1) is 10.2 Å². The molecule has 12 heteroatoms. The topological polar surface area (TPSA) is 69.0 Å². The zero-order valence-electron chi connectivity index (χ0n) is 16.6. The minimum absolute atomic E-state index is 0.200. The number of ether oxygens (including phenoxy) is 1. The highest BCUT2D eigenvalue weighted by atomic mass is 35.5. The summed E-state index contributed by atoms with van der Waals surface area (Å²) < 4.78 is 46.6. The van der Waals surface area contributed by atoms with Crippen LogP contribution in [-0.4, -0.2) is 40.1 Å². The summed E-state index contributed by atoms with van der Waals surface area (Å²) in [5, 5.41) is 11.3. The van der Waals surface area contributed by atoms with Crippen LogP contribution in [-0.2, 0) is 22.3 Å². The van der Waals surface area contributed by atoms with Crippen LogP contribution in [0.15, 0.2) is 47.6 Å². The molecule has 0 aliphatic heterocycles. The number of alkyl halides is 3. The summed E-state index contributed by atoms with van der Waals surface area (Å²) in [5.41, 5.74) is -0.730. The van der Waals surface area contributed by atoms with E-state index in [0.29, 0.717) is 29.2 Å². The summed E-state index contributed by atoms with van der Waals surface area (Å²) in [7, 11) is 1.55. The first-order valence-corrected chi connectivity index (χ1v) is 10.9. The van der Waals surface area contributed by atoms with Crippen LogP contribution in [0.4, 0.5) is 18.9 Å². The van der Waals surface area contributed by atoms with Gasteiger partial charge < -0.3 is 10.1 Å². The molecule has 3 rings (SSSR count). The Morgan fingerprint density at radius 1 is 1.16 bits per heavy atom. The van der Waals surface area contributed by atoms with Gasteiger partial charge in [-0.2, -0.15) is 13.2 Å². The molecular formula is C20H17Cl2F3N4O2S. The molecule has 2 aromatic carbocycles. The number of thioether (sulfide) groups is 1. The molecule has 32 heavy (non-hydrogen) atoms. The highest BCUT2D eigenvalue weighted by Crippen LogP contribution is 2.38. The lowest BCUT2D eigenvalue weighted by Gasteiger charge is -2.15. The number of methoxy groups -OCH3 is 1. The van der Waals surface area contributed by atoms with Gasteiger partial charge >= 0.3 is 6.18 Å². The molecule has 0 bridgehead atoms. The van der Waals surface area contributed by atoms with Gasteiger partial charge in [0.05, 0.1) is 35.2 Å². The number of anilines is 1. The predicted molar refractivity (Wildman–Crippen MR) is 118 cm³/mol. The highest BCUT2D eigenvalue weighted by Gasteiger charge is 2.34. The van der Waals surface area contributed by atoms with E-state index in [4.69, 9.17) is 27.9 Å². The third-order valence-corrected chi connectivity index (χ3v) is 5.79. The molecular weight excluding hydrogens is 488 g/mol. The van der Waals surface area contributed by atoms with Crippen LogP contribution in [0.5, 0.6) is 0 Å². The Morgan fingerprint density at radius 2 is 1.88 bits per heavy atom. The van der Waals surface area contributed by atoms with Gasteiger partial charge in [0, 0.05) is 17.7 Å². The van der Waals surface area contributed by atoms with E-state index >= 15 is 0 Å². The molecule has 0 atom stereocenters. The number of amides is 1. The van der Waals surface area contributed by atoms with Gasteiger partial charge in [0.2, 0.25) is 5.91 Å². The molecule has 0 saturated heterocycles. The summed E-state index contributed by atoms with van der Waals surface area (Å²) >= 11 is 12.9. The molecule has 0 unspecified atom stereocenters. The Kier molecular flexibility index (Phi) is 8.05. The Bertz CT molecular complexity index is 1090. The van der Waals surface area contributed by atoms with E-state index in [1.54, 1.807) is 35.9 Å². The Hall–Kier alpha value is -2.27. The van der Waals surface area contributed by atoms with Crippen molar-refractivity contribution in [2.45, 2.75) is 17.9 Å². The minimum Gasteiger partial charge on any atom is -0.383 e. The van der Waals surface area contributed by atoms with Crippen molar-refractivity contribution in [3.63, 3.8) is 0 Å². The monoisotopic (exact) mass is 504 g/mol. The molecule has 0 fully saturated rings. The molecule has 0 radical (unpaired) electrons. The molecule has 6 nitrogen and oxygen atoms in total. The molecule has 1 N–H and O–H groups in total. The lowest BCUT2D eigenvalue weighted by Crippen LogP contribution is -2.19. The van der Waals surface area contributed by atoms with Crippen LogP contribution in [0, 0.1) is 0 Å². The molecule has 1 aromatic heterocycles.